The Balaban J connectivity index is 1.91. The van der Waals surface area contributed by atoms with Gasteiger partial charge in [0.05, 0.1) is 6.33 Å². The number of hydrogen-bond acceptors (Lipinski definition) is 9. The number of fused-ring (bicyclic) bond motifs is 1. The van der Waals surface area contributed by atoms with Crippen molar-refractivity contribution in [1.82, 2.24) is 19.5 Å². The van der Waals surface area contributed by atoms with Crippen molar-refractivity contribution in [3.63, 3.8) is 0 Å². The van der Waals surface area contributed by atoms with Crippen molar-refractivity contribution in [1.29, 1.82) is 0 Å². The van der Waals surface area contributed by atoms with Crippen molar-refractivity contribution in [2.45, 2.75) is 25.0 Å². The normalized spacial score (nSPS) is 27.3. The number of nitrogens with two attached hydrogens (primary N) is 1. The Bertz CT molecular complexity index is 839. The molecule has 0 radical (unpaired) electrons. The first-order valence-electron chi connectivity index (χ1n) is 6.43. The highest BCUT2D eigenvalue weighted by Gasteiger charge is 2.40. The fourth-order valence-corrected chi connectivity index (χ4v) is 2.98. The fraction of sp³-hybridized carbons (Fsp3) is 0.500. The molecule has 5 N–H and O–H groups in total. The third-order valence-electron chi connectivity index (χ3n) is 3.28. The van der Waals surface area contributed by atoms with E-state index in [4.69, 9.17) is 27.2 Å². The number of ether oxygens (including phenoxy) is 1. The van der Waals surface area contributed by atoms with Crippen LogP contribution in [0.4, 0.5) is 5.82 Å². The largest absolute Gasteiger partial charge is 0.474 e. The highest BCUT2D eigenvalue weighted by molar-refractivity contribution is 7.71. The van der Waals surface area contributed by atoms with E-state index in [1.807, 2.05) is 0 Å². The molecule has 1 fully saturated rings. The molecule has 4 atom stereocenters. The third-order valence-corrected chi connectivity index (χ3v) is 4.44. The van der Waals surface area contributed by atoms with Crippen molar-refractivity contribution in [3.8, 4) is 0 Å². The molecule has 1 aliphatic rings. The summed E-state index contributed by atoms with van der Waals surface area (Å²) in [5, 5.41) is 10.1. The van der Waals surface area contributed by atoms with E-state index in [9.17, 15) is 14.6 Å². The molecule has 1 saturated heterocycles. The van der Waals surface area contributed by atoms with Crippen LogP contribution in [0.3, 0.4) is 0 Å². The number of aromatic nitrogens is 4. The minimum atomic E-state index is -4.23. The lowest BCUT2D eigenvalue weighted by molar-refractivity contribution is -0.115. The quantitative estimate of drug-likeness (QED) is 0.443. The number of nitrogen functional groups attached to an aromatic ring is 1. The van der Waals surface area contributed by atoms with Crippen LogP contribution in [0.25, 0.3) is 11.2 Å². The lowest BCUT2D eigenvalue weighted by Gasteiger charge is -2.17. The van der Waals surface area contributed by atoms with Gasteiger partial charge in [-0.25, -0.2) is 9.55 Å². The van der Waals surface area contributed by atoms with Crippen LogP contribution in [-0.4, -0.2) is 49.0 Å². The van der Waals surface area contributed by atoms with Crippen molar-refractivity contribution < 1.29 is 28.3 Å². The van der Waals surface area contributed by atoms with Gasteiger partial charge in [0.2, 0.25) is 0 Å². The molecule has 4 unspecified atom stereocenters. The summed E-state index contributed by atoms with van der Waals surface area (Å²) in [4.78, 5) is 20.2. The van der Waals surface area contributed by atoms with E-state index in [0.717, 1.165) is 7.11 Å². The number of aliphatic hydroxyl groups is 1. The number of H-pyrrole nitrogens is 1. The first kappa shape index (κ1) is 16.5. The number of nitrogens with zero attached hydrogens (tertiary/aromatic N) is 3. The number of anilines is 1. The van der Waals surface area contributed by atoms with Crippen LogP contribution in [0, 0.1) is 4.77 Å². The average molecular weight is 363 g/mol. The smallest absolute Gasteiger partial charge is 0.388 e. The van der Waals surface area contributed by atoms with Crippen LogP contribution in [0.15, 0.2) is 6.33 Å². The minimum absolute atomic E-state index is 0.0343. The zero-order valence-corrected chi connectivity index (χ0v) is 13.5. The van der Waals surface area contributed by atoms with Gasteiger partial charge < -0.3 is 25.5 Å². The van der Waals surface area contributed by atoms with E-state index < -0.39 is 26.4 Å². The van der Waals surface area contributed by atoms with Gasteiger partial charge in [0.15, 0.2) is 22.9 Å². The van der Waals surface area contributed by atoms with E-state index in [-0.39, 0.29) is 17.0 Å². The molecular weight excluding hydrogens is 349 g/mol. The molecule has 11 nitrogen and oxygen atoms in total. The molecule has 3 heterocycles. The lowest BCUT2D eigenvalue weighted by atomic mass is 10.2. The summed E-state index contributed by atoms with van der Waals surface area (Å²) in [6.07, 6.45) is -1.73. The second-order valence-electron chi connectivity index (χ2n) is 4.80. The lowest BCUT2D eigenvalue weighted by Crippen LogP contribution is -2.19. The standard InChI is InChI=1S/C10H14N5O6PS/c1-19-22(17,18)21-5-2-4(16)9(20-5)15-3-12-6-7(11)13-10(23)14-8(6)15/h3-5,9,16H,2H2,1H3,(H,17,18)(H3,11,13,14,23). The van der Waals surface area contributed by atoms with Gasteiger partial charge in [0.1, 0.15) is 17.4 Å². The maximum absolute atomic E-state index is 11.4. The van der Waals surface area contributed by atoms with Crippen molar-refractivity contribution >= 4 is 37.0 Å². The molecule has 23 heavy (non-hydrogen) atoms. The number of rotatable bonds is 4. The maximum Gasteiger partial charge on any atom is 0.474 e. The van der Waals surface area contributed by atoms with Crippen LogP contribution in [0.2, 0.25) is 0 Å². The Morgan fingerprint density at radius 2 is 2.39 bits per heavy atom. The summed E-state index contributed by atoms with van der Waals surface area (Å²) in [5.41, 5.74) is 6.46. The molecule has 13 heteroatoms. The summed E-state index contributed by atoms with van der Waals surface area (Å²) >= 11 is 4.96. The number of imidazole rings is 1. The maximum atomic E-state index is 11.4. The van der Waals surface area contributed by atoms with Crippen molar-refractivity contribution in [2.75, 3.05) is 12.8 Å². The molecule has 0 aromatic carbocycles. The summed E-state index contributed by atoms with van der Waals surface area (Å²) in [5.74, 6) is 0.235. The molecule has 0 saturated carbocycles. The van der Waals surface area contributed by atoms with Gasteiger partial charge in [-0.05, 0) is 12.2 Å². The van der Waals surface area contributed by atoms with Gasteiger partial charge in [-0.3, -0.25) is 13.6 Å². The van der Waals surface area contributed by atoms with Gasteiger partial charge in [-0.15, -0.1) is 0 Å². The average Bonchev–Trinajstić information content (AvgIpc) is 3.02. The molecule has 0 spiro atoms. The SMILES string of the molecule is COP(=O)(O)OC1CC(O)C(n2cnc3c(N)[nH]c(=S)nc32)O1. The Hall–Kier alpha value is -1.40. The topological polar surface area (TPSA) is 158 Å². The molecular formula is C10H14N5O6PS. The third kappa shape index (κ3) is 3.15. The summed E-state index contributed by atoms with van der Waals surface area (Å²) in [6, 6.07) is 0. The number of phosphoric acid groups is 1. The first-order chi connectivity index (χ1) is 10.8. The highest BCUT2D eigenvalue weighted by atomic mass is 32.1. The zero-order valence-electron chi connectivity index (χ0n) is 11.8. The molecule has 0 bridgehead atoms. The fourth-order valence-electron chi connectivity index (χ4n) is 2.27. The van der Waals surface area contributed by atoms with Crippen LogP contribution in [-0.2, 0) is 18.3 Å². The Morgan fingerprint density at radius 3 is 3.09 bits per heavy atom. The van der Waals surface area contributed by atoms with Crippen molar-refractivity contribution in [3.05, 3.63) is 11.1 Å². The Kier molecular flexibility index (Phi) is 4.23. The Labute approximate surface area is 134 Å². The highest BCUT2D eigenvalue weighted by Crippen LogP contribution is 2.47. The van der Waals surface area contributed by atoms with E-state index in [2.05, 4.69) is 19.5 Å². The van der Waals surface area contributed by atoms with Crippen molar-refractivity contribution in [2.24, 2.45) is 0 Å². The number of aromatic amines is 1. The van der Waals surface area contributed by atoms with E-state index in [1.165, 1.54) is 10.9 Å². The molecule has 2 aromatic heterocycles. The summed E-state index contributed by atoms with van der Waals surface area (Å²) in [6.45, 7) is 0. The van der Waals surface area contributed by atoms with Gasteiger partial charge in [-0.1, -0.05) is 0 Å². The van der Waals surface area contributed by atoms with Gasteiger partial charge >= 0.3 is 7.82 Å². The van der Waals surface area contributed by atoms with Crippen LogP contribution < -0.4 is 5.73 Å². The van der Waals surface area contributed by atoms with Gasteiger partial charge in [-0.2, -0.15) is 4.98 Å². The predicted molar refractivity (Wildman–Crippen MR) is 79.6 cm³/mol. The zero-order chi connectivity index (χ0) is 16.8. The molecule has 126 valence electrons. The van der Waals surface area contributed by atoms with Gasteiger partial charge in [0, 0.05) is 13.5 Å². The second kappa shape index (κ2) is 5.91. The van der Waals surface area contributed by atoms with Gasteiger partial charge in [0.25, 0.3) is 0 Å². The Morgan fingerprint density at radius 1 is 1.65 bits per heavy atom. The van der Waals surface area contributed by atoms with Crippen LogP contribution in [0.1, 0.15) is 12.6 Å². The second-order valence-corrected chi connectivity index (χ2v) is 6.70. The first-order valence-corrected chi connectivity index (χ1v) is 8.34. The summed E-state index contributed by atoms with van der Waals surface area (Å²) in [7, 11) is -3.21. The minimum Gasteiger partial charge on any atom is -0.388 e. The van der Waals surface area contributed by atoms with Crippen LogP contribution in [0.5, 0.6) is 0 Å². The monoisotopic (exact) mass is 363 g/mol. The predicted octanol–water partition coefficient (Wildman–Crippen LogP) is 0.440. The summed E-state index contributed by atoms with van der Waals surface area (Å²) < 4.78 is 27.6. The van der Waals surface area contributed by atoms with Crippen LogP contribution >= 0.6 is 20.0 Å². The van der Waals surface area contributed by atoms with E-state index in [0.29, 0.717) is 11.2 Å². The number of nitrogens with one attached hydrogen (secondary N) is 1. The molecule has 1 aliphatic heterocycles. The molecule has 0 aliphatic carbocycles. The number of phosphoric ester groups is 1. The molecule has 2 aromatic rings. The van der Waals surface area contributed by atoms with E-state index >= 15 is 0 Å². The van der Waals surface area contributed by atoms with E-state index in [1.54, 1.807) is 0 Å². The molecule has 3 rings (SSSR count). The number of hydrogen-bond donors (Lipinski definition) is 4. The molecule has 0 amide bonds. The number of aliphatic hydroxyl groups excluding tert-OH is 1.